The second-order valence-corrected chi connectivity index (χ2v) is 5.42. The average molecular weight is 241 g/mol. The van der Waals surface area contributed by atoms with Crippen molar-refractivity contribution in [3.63, 3.8) is 0 Å². The summed E-state index contributed by atoms with van der Waals surface area (Å²) >= 11 is 0. The van der Waals surface area contributed by atoms with E-state index in [1.54, 1.807) is 4.90 Å². The summed E-state index contributed by atoms with van der Waals surface area (Å²) in [4.78, 5) is 15.7. The van der Waals surface area contributed by atoms with Crippen molar-refractivity contribution in [3.05, 3.63) is 0 Å². The summed E-state index contributed by atoms with van der Waals surface area (Å²) in [6.07, 6.45) is 3.18. The Morgan fingerprint density at radius 1 is 1.41 bits per heavy atom. The molecule has 0 aromatic heterocycles. The lowest BCUT2D eigenvalue weighted by Gasteiger charge is -2.29. The normalized spacial score (nSPS) is 20.2. The smallest absolute Gasteiger partial charge is 0.223 e. The molecule has 1 heterocycles. The van der Waals surface area contributed by atoms with Gasteiger partial charge >= 0.3 is 0 Å². The first-order chi connectivity index (χ1) is 8.00. The molecule has 4 heteroatoms. The van der Waals surface area contributed by atoms with Gasteiger partial charge in [-0.2, -0.15) is 0 Å². The van der Waals surface area contributed by atoms with E-state index < -0.39 is 0 Å². The maximum Gasteiger partial charge on any atom is 0.223 e. The molecule has 0 aromatic rings. The fraction of sp³-hybridized carbons (Fsp3) is 0.923. The molecular formula is C13H27N3O. The zero-order chi connectivity index (χ0) is 12.8. The minimum absolute atomic E-state index is 0.218. The van der Waals surface area contributed by atoms with Crippen LogP contribution in [0, 0.1) is 0 Å². The Balaban J connectivity index is 2.34. The van der Waals surface area contributed by atoms with Gasteiger partial charge in [0, 0.05) is 45.7 Å². The molecule has 4 nitrogen and oxygen atoms in total. The highest BCUT2D eigenvalue weighted by atomic mass is 16.2. The van der Waals surface area contributed by atoms with Crippen LogP contribution in [-0.2, 0) is 4.79 Å². The van der Waals surface area contributed by atoms with E-state index in [4.69, 9.17) is 0 Å². The van der Waals surface area contributed by atoms with Crippen LogP contribution in [0.5, 0.6) is 0 Å². The first kappa shape index (κ1) is 14.5. The van der Waals surface area contributed by atoms with Crippen molar-refractivity contribution in [3.8, 4) is 0 Å². The quantitative estimate of drug-likeness (QED) is 0.751. The van der Waals surface area contributed by atoms with Crippen LogP contribution in [-0.4, -0.2) is 61.5 Å². The van der Waals surface area contributed by atoms with Gasteiger partial charge in [0.05, 0.1) is 0 Å². The van der Waals surface area contributed by atoms with Gasteiger partial charge in [-0.15, -0.1) is 0 Å². The average Bonchev–Trinajstić information content (AvgIpc) is 2.75. The lowest BCUT2D eigenvalue weighted by molar-refractivity contribution is -0.129. The summed E-state index contributed by atoms with van der Waals surface area (Å²) in [5.74, 6) is 0.218. The zero-order valence-corrected chi connectivity index (χ0v) is 11.7. The number of nitrogens with one attached hydrogen (secondary N) is 1. The number of hydrogen-bond acceptors (Lipinski definition) is 3. The van der Waals surface area contributed by atoms with Crippen molar-refractivity contribution in [2.75, 3.05) is 33.7 Å². The Hall–Kier alpha value is -0.610. The SMILES string of the molecule is CC(C)N(CCC(=O)N(C)C)CC1CCCN1. The van der Waals surface area contributed by atoms with Gasteiger partial charge in [-0.1, -0.05) is 0 Å². The highest BCUT2D eigenvalue weighted by Gasteiger charge is 2.20. The monoisotopic (exact) mass is 241 g/mol. The number of hydrogen-bond donors (Lipinski definition) is 1. The van der Waals surface area contributed by atoms with Gasteiger partial charge in [0.2, 0.25) is 5.91 Å². The highest BCUT2D eigenvalue weighted by Crippen LogP contribution is 2.10. The van der Waals surface area contributed by atoms with Gasteiger partial charge in [-0.05, 0) is 33.2 Å². The molecular weight excluding hydrogens is 214 g/mol. The molecule has 0 radical (unpaired) electrons. The molecule has 1 atom stereocenters. The molecule has 0 aromatic carbocycles. The molecule has 0 aliphatic carbocycles. The van der Waals surface area contributed by atoms with Gasteiger partial charge in [0.15, 0.2) is 0 Å². The third-order valence-electron chi connectivity index (χ3n) is 3.46. The summed E-state index contributed by atoms with van der Waals surface area (Å²) in [5.41, 5.74) is 0. The topological polar surface area (TPSA) is 35.6 Å². The molecule has 1 unspecified atom stereocenters. The molecule has 17 heavy (non-hydrogen) atoms. The summed E-state index contributed by atoms with van der Waals surface area (Å²) in [6.45, 7) is 7.49. The van der Waals surface area contributed by atoms with Crippen LogP contribution in [0.2, 0.25) is 0 Å². The Labute approximate surface area is 105 Å². The first-order valence-electron chi connectivity index (χ1n) is 6.68. The molecule has 1 saturated heterocycles. The minimum Gasteiger partial charge on any atom is -0.349 e. The Morgan fingerprint density at radius 2 is 2.12 bits per heavy atom. The Morgan fingerprint density at radius 3 is 2.59 bits per heavy atom. The minimum atomic E-state index is 0.218. The molecule has 1 N–H and O–H groups in total. The van der Waals surface area contributed by atoms with Gasteiger partial charge in [0.1, 0.15) is 0 Å². The van der Waals surface area contributed by atoms with E-state index in [0.29, 0.717) is 18.5 Å². The van der Waals surface area contributed by atoms with Crippen LogP contribution >= 0.6 is 0 Å². The highest BCUT2D eigenvalue weighted by molar-refractivity contribution is 5.75. The fourth-order valence-corrected chi connectivity index (χ4v) is 2.22. The van der Waals surface area contributed by atoms with Gasteiger partial charge in [0.25, 0.3) is 0 Å². The van der Waals surface area contributed by atoms with Crippen molar-refractivity contribution in [2.24, 2.45) is 0 Å². The zero-order valence-electron chi connectivity index (χ0n) is 11.7. The van der Waals surface area contributed by atoms with E-state index in [2.05, 4.69) is 24.1 Å². The summed E-state index contributed by atoms with van der Waals surface area (Å²) in [7, 11) is 3.64. The molecule has 1 amide bonds. The maximum atomic E-state index is 11.6. The van der Waals surface area contributed by atoms with Crippen molar-refractivity contribution in [1.29, 1.82) is 0 Å². The van der Waals surface area contributed by atoms with E-state index in [9.17, 15) is 4.79 Å². The molecule has 0 saturated carbocycles. The van der Waals surface area contributed by atoms with E-state index in [1.165, 1.54) is 12.8 Å². The van der Waals surface area contributed by atoms with Gasteiger partial charge in [-0.25, -0.2) is 0 Å². The fourth-order valence-electron chi connectivity index (χ4n) is 2.22. The molecule has 0 bridgehead atoms. The Kier molecular flexibility index (Phi) is 5.92. The van der Waals surface area contributed by atoms with Crippen LogP contribution in [0.3, 0.4) is 0 Å². The Bertz CT molecular complexity index is 235. The molecule has 1 aliphatic rings. The van der Waals surface area contributed by atoms with Crippen LogP contribution in [0.4, 0.5) is 0 Å². The second kappa shape index (κ2) is 6.97. The van der Waals surface area contributed by atoms with Crippen molar-refractivity contribution in [2.45, 2.75) is 45.2 Å². The third kappa shape index (κ3) is 5.04. The lowest BCUT2D eigenvalue weighted by Crippen LogP contribution is -2.42. The summed E-state index contributed by atoms with van der Waals surface area (Å²) in [5, 5.41) is 3.52. The van der Waals surface area contributed by atoms with E-state index in [0.717, 1.165) is 19.6 Å². The van der Waals surface area contributed by atoms with Crippen LogP contribution in [0.1, 0.15) is 33.1 Å². The van der Waals surface area contributed by atoms with Crippen molar-refractivity contribution >= 4 is 5.91 Å². The predicted octanol–water partition coefficient (Wildman–Crippen LogP) is 0.927. The van der Waals surface area contributed by atoms with Gasteiger partial charge in [-0.3, -0.25) is 9.69 Å². The van der Waals surface area contributed by atoms with Gasteiger partial charge < -0.3 is 10.2 Å². The van der Waals surface area contributed by atoms with Crippen molar-refractivity contribution < 1.29 is 4.79 Å². The van der Waals surface area contributed by atoms with Crippen LogP contribution in [0.25, 0.3) is 0 Å². The summed E-state index contributed by atoms with van der Waals surface area (Å²) < 4.78 is 0. The third-order valence-corrected chi connectivity index (χ3v) is 3.46. The number of nitrogens with zero attached hydrogens (tertiary/aromatic N) is 2. The predicted molar refractivity (Wildman–Crippen MR) is 71.0 cm³/mol. The van der Waals surface area contributed by atoms with E-state index in [1.807, 2.05) is 14.1 Å². The standard InChI is InChI=1S/C13H27N3O/c1-11(2)16(9-7-13(17)15(3)4)10-12-6-5-8-14-12/h11-12,14H,5-10H2,1-4H3. The first-order valence-corrected chi connectivity index (χ1v) is 6.68. The lowest BCUT2D eigenvalue weighted by atomic mass is 10.2. The molecule has 1 aliphatic heterocycles. The molecule has 100 valence electrons. The number of carbonyl (C=O) groups is 1. The molecule has 0 spiro atoms. The maximum absolute atomic E-state index is 11.6. The van der Waals surface area contributed by atoms with E-state index >= 15 is 0 Å². The van der Waals surface area contributed by atoms with Crippen LogP contribution < -0.4 is 5.32 Å². The summed E-state index contributed by atoms with van der Waals surface area (Å²) in [6, 6.07) is 1.12. The van der Waals surface area contributed by atoms with Crippen molar-refractivity contribution in [1.82, 2.24) is 15.1 Å². The number of carbonyl (C=O) groups excluding carboxylic acids is 1. The van der Waals surface area contributed by atoms with Crippen LogP contribution in [0.15, 0.2) is 0 Å². The van der Waals surface area contributed by atoms with E-state index in [-0.39, 0.29) is 5.91 Å². The largest absolute Gasteiger partial charge is 0.349 e. The molecule has 1 rings (SSSR count). The number of amides is 1. The number of rotatable bonds is 6. The second-order valence-electron chi connectivity index (χ2n) is 5.42. The molecule has 1 fully saturated rings.